The summed E-state index contributed by atoms with van der Waals surface area (Å²) in [5.74, 6) is 0.994. The fourth-order valence-electron chi connectivity index (χ4n) is 8.11. The average molecular weight is 702 g/mol. The number of benzene rings is 5. The zero-order valence-corrected chi connectivity index (χ0v) is 31.7. The Morgan fingerprint density at radius 2 is 1.28 bits per heavy atom. The molecule has 8 aromatic rings. The Hall–Kier alpha value is -6.25. The Kier molecular flexibility index (Phi) is 7.72. The third-order valence-corrected chi connectivity index (χ3v) is 11.2. The maximum absolute atomic E-state index is 9.55. The molecule has 264 valence electrons. The summed E-state index contributed by atoms with van der Waals surface area (Å²) in [6.45, 7) is 13.8. The van der Waals surface area contributed by atoms with Gasteiger partial charge in [0.1, 0.15) is 0 Å². The van der Waals surface area contributed by atoms with E-state index in [1.54, 1.807) is 0 Å². The smallest absolute Gasteiger partial charge is 0.235 e. The molecule has 1 atom stereocenters. The summed E-state index contributed by atoms with van der Waals surface area (Å²) in [5.41, 5.74) is 12.6. The molecule has 1 unspecified atom stereocenters. The van der Waals surface area contributed by atoms with Gasteiger partial charge in [-0.05, 0) is 82.8 Å². The fraction of sp³-hybridized carbons (Fsp3) is 0.204. The quantitative estimate of drug-likeness (QED) is 0.183. The maximum Gasteiger partial charge on any atom is 0.235 e. The van der Waals surface area contributed by atoms with E-state index >= 15 is 0 Å². The number of nitrogens with zero attached hydrogens (tertiary/aromatic N) is 5. The Morgan fingerprint density at radius 1 is 0.648 bits per heavy atom. The number of fused-ring (bicyclic) bond motifs is 7. The van der Waals surface area contributed by atoms with Crippen molar-refractivity contribution in [2.75, 3.05) is 0 Å². The van der Waals surface area contributed by atoms with Crippen LogP contribution >= 0.6 is 0 Å². The predicted octanol–water partition coefficient (Wildman–Crippen LogP) is 12.3. The summed E-state index contributed by atoms with van der Waals surface area (Å²) in [4.78, 5) is 10.8. The number of nitriles is 1. The number of aromatic nitrogens is 4. The van der Waals surface area contributed by atoms with Crippen molar-refractivity contribution in [2.24, 2.45) is 11.3 Å². The van der Waals surface area contributed by atoms with Gasteiger partial charge in [-0.2, -0.15) is 5.26 Å². The van der Waals surface area contributed by atoms with Crippen LogP contribution < -0.4 is 0 Å². The average Bonchev–Trinajstić information content (AvgIpc) is 3.70. The van der Waals surface area contributed by atoms with Crippen LogP contribution in [0.1, 0.15) is 63.9 Å². The van der Waals surface area contributed by atoms with Crippen molar-refractivity contribution in [1.82, 2.24) is 19.1 Å². The fourth-order valence-corrected chi connectivity index (χ4v) is 8.11. The molecular formula is C49H43N5. The van der Waals surface area contributed by atoms with Gasteiger partial charge in [-0.15, -0.1) is 0 Å². The van der Waals surface area contributed by atoms with Crippen LogP contribution in [0, 0.1) is 22.7 Å². The summed E-state index contributed by atoms with van der Waals surface area (Å²) >= 11 is 0. The van der Waals surface area contributed by atoms with Crippen LogP contribution in [-0.2, 0) is 11.8 Å². The molecule has 0 N–H and O–H groups in total. The monoisotopic (exact) mass is 701 g/mol. The summed E-state index contributed by atoms with van der Waals surface area (Å²) in [7, 11) is 0. The lowest BCUT2D eigenvalue weighted by molar-refractivity contribution is 0.291. The van der Waals surface area contributed by atoms with Gasteiger partial charge in [0.2, 0.25) is 5.95 Å². The van der Waals surface area contributed by atoms with Crippen molar-refractivity contribution in [3.8, 4) is 40.2 Å². The number of hydrogen-bond donors (Lipinski definition) is 0. The molecule has 0 bridgehead atoms. The van der Waals surface area contributed by atoms with E-state index in [1.165, 1.54) is 32.8 Å². The van der Waals surface area contributed by atoms with Gasteiger partial charge in [0.25, 0.3) is 0 Å². The molecule has 5 heteroatoms. The SMILES string of the molecule is CC(C)(C)c1ccc2c(c1)c1ccc3c4c(n(-c5nc(-c6ccccc6)cc(-c6ccc(C#N)cc6)n5)c3c1n2-c1ccccc1)C=CC(C(C)(C)C)C4. The first kappa shape index (κ1) is 33.6. The van der Waals surface area contributed by atoms with Crippen molar-refractivity contribution < 1.29 is 0 Å². The van der Waals surface area contributed by atoms with Crippen LogP contribution in [0.25, 0.3) is 72.9 Å². The molecule has 54 heavy (non-hydrogen) atoms. The Labute approximate surface area is 316 Å². The normalized spacial score (nSPS) is 14.5. The maximum atomic E-state index is 9.55. The first-order valence-corrected chi connectivity index (χ1v) is 18.8. The molecule has 0 spiro atoms. The van der Waals surface area contributed by atoms with Gasteiger partial charge in [0.15, 0.2) is 0 Å². The molecule has 1 aliphatic rings. The highest BCUT2D eigenvalue weighted by Crippen LogP contribution is 2.45. The lowest BCUT2D eigenvalue weighted by atomic mass is 9.75. The standard InChI is InChI=1S/C49H43N5/c1-48(2,3)34-21-25-43-39(27-34)37-23-24-38-40-28-35(49(4,5)6)22-26-44(40)54(46(38)45(37)53(43)36-15-11-8-12-16-36)47-51-41(32-13-9-7-10-14-32)29-42(52-47)33-19-17-31(30-50)18-20-33/h7-27,29,35H,28H2,1-6H3. The lowest BCUT2D eigenvalue weighted by Crippen LogP contribution is -2.23. The van der Waals surface area contributed by atoms with Crippen molar-refractivity contribution in [1.29, 1.82) is 5.26 Å². The molecule has 0 saturated carbocycles. The molecule has 0 aliphatic heterocycles. The summed E-state index contributed by atoms with van der Waals surface area (Å²) < 4.78 is 4.76. The number of allylic oxidation sites excluding steroid dienone is 1. The van der Waals surface area contributed by atoms with Crippen molar-refractivity contribution in [3.05, 3.63) is 150 Å². The van der Waals surface area contributed by atoms with E-state index in [1.807, 2.05) is 30.3 Å². The third-order valence-electron chi connectivity index (χ3n) is 11.2. The molecule has 3 aromatic heterocycles. The van der Waals surface area contributed by atoms with Crippen molar-refractivity contribution >= 4 is 38.8 Å². The predicted molar refractivity (Wildman–Crippen MR) is 223 cm³/mol. The zero-order valence-electron chi connectivity index (χ0n) is 31.7. The minimum Gasteiger partial charge on any atom is -0.307 e. The minimum absolute atomic E-state index is 0.000899. The molecule has 1 aliphatic carbocycles. The number of rotatable bonds is 4. The van der Waals surface area contributed by atoms with E-state index in [9.17, 15) is 5.26 Å². The van der Waals surface area contributed by atoms with Gasteiger partial charge < -0.3 is 4.57 Å². The van der Waals surface area contributed by atoms with Gasteiger partial charge in [-0.25, -0.2) is 9.97 Å². The highest BCUT2D eigenvalue weighted by Gasteiger charge is 2.32. The van der Waals surface area contributed by atoms with Gasteiger partial charge in [0, 0.05) is 33.0 Å². The molecule has 3 heterocycles. The van der Waals surface area contributed by atoms with Crippen molar-refractivity contribution in [2.45, 2.75) is 53.4 Å². The molecule has 0 amide bonds. The molecule has 5 aromatic carbocycles. The highest BCUT2D eigenvalue weighted by molar-refractivity contribution is 6.19. The van der Waals surface area contributed by atoms with Crippen molar-refractivity contribution in [3.63, 3.8) is 0 Å². The number of hydrogen-bond acceptors (Lipinski definition) is 3. The van der Waals surface area contributed by atoms with Crippen LogP contribution in [0.2, 0.25) is 0 Å². The largest absolute Gasteiger partial charge is 0.307 e. The van der Waals surface area contributed by atoms with E-state index in [2.05, 4.69) is 160 Å². The Balaban J connectivity index is 1.44. The summed E-state index contributed by atoms with van der Waals surface area (Å²) in [5, 5.41) is 13.2. The second kappa shape index (κ2) is 12.4. The molecule has 0 saturated heterocycles. The van der Waals surface area contributed by atoms with Gasteiger partial charge in [0.05, 0.1) is 45.3 Å². The van der Waals surface area contributed by atoms with E-state index in [0.29, 0.717) is 17.4 Å². The lowest BCUT2D eigenvalue weighted by Gasteiger charge is -2.30. The molecule has 0 radical (unpaired) electrons. The molecular weight excluding hydrogens is 659 g/mol. The van der Waals surface area contributed by atoms with E-state index in [0.717, 1.165) is 51.4 Å². The topological polar surface area (TPSA) is 59.4 Å². The van der Waals surface area contributed by atoms with Gasteiger partial charge in [-0.3, -0.25) is 4.57 Å². The third kappa shape index (κ3) is 5.53. The first-order chi connectivity index (χ1) is 26.0. The highest BCUT2D eigenvalue weighted by atomic mass is 15.2. The van der Waals surface area contributed by atoms with Crippen LogP contribution in [0.5, 0.6) is 0 Å². The van der Waals surface area contributed by atoms with Crippen LogP contribution in [0.3, 0.4) is 0 Å². The second-order valence-electron chi connectivity index (χ2n) is 16.7. The van der Waals surface area contributed by atoms with Crippen LogP contribution in [-0.4, -0.2) is 19.1 Å². The van der Waals surface area contributed by atoms with Crippen LogP contribution in [0.15, 0.2) is 127 Å². The summed E-state index contributed by atoms with van der Waals surface area (Å²) in [6.07, 6.45) is 5.62. The van der Waals surface area contributed by atoms with Crippen LogP contribution in [0.4, 0.5) is 0 Å². The summed E-state index contributed by atoms with van der Waals surface area (Å²) in [6, 6.07) is 44.7. The van der Waals surface area contributed by atoms with E-state index < -0.39 is 0 Å². The van der Waals surface area contributed by atoms with E-state index in [4.69, 9.17) is 9.97 Å². The van der Waals surface area contributed by atoms with E-state index in [-0.39, 0.29) is 10.8 Å². The zero-order chi connectivity index (χ0) is 37.4. The molecule has 0 fully saturated rings. The number of para-hydroxylation sites is 1. The van der Waals surface area contributed by atoms with Gasteiger partial charge in [-0.1, -0.05) is 126 Å². The minimum atomic E-state index is -0.000899. The molecule has 5 nitrogen and oxygen atoms in total. The Morgan fingerprint density at radius 3 is 1.93 bits per heavy atom. The van der Waals surface area contributed by atoms with Gasteiger partial charge >= 0.3 is 0 Å². The molecule has 9 rings (SSSR count). The Bertz CT molecular complexity index is 2800. The first-order valence-electron chi connectivity index (χ1n) is 18.8. The second-order valence-corrected chi connectivity index (χ2v) is 16.7.